The van der Waals surface area contributed by atoms with Crippen molar-refractivity contribution in [1.29, 1.82) is 0 Å². The molecule has 4 heterocycles. The highest BCUT2D eigenvalue weighted by molar-refractivity contribution is 7.11. The number of rotatable bonds is 6. The van der Waals surface area contributed by atoms with Crippen molar-refractivity contribution in [3.8, 4) is 0 Å². The van der Waals surface area contributed by atoms with Crippen LogP contribution in [0.2, 0.25) is 0 Å². The van der Waals surface area contributed by atoms with Gasteiger partial charge < -0.3 is 4.40 Å². The molecule has 1 aliphatic heterocycles. The van der Waals surface area contributed by atoms with E-state index in [4.69, 9.17) is 0 Å². The van der Waals surface area contributed by atoms with Gasteiger partial charge in [0.25, 0.3) is 0 Å². The van der Waals surface area contributed by atoms with Crippen molar-refractivity contribution in [2.75, 3.05) is 13.1 Å². The molecular formula is C19H22N4OS. The molecule has 130 valence electrons. The second kappa shape index (κ2) is 7.06. The van der Waals surface area contributed by atoms with Gasteiger partial charge in [0.15, 0.2) is 0 Å². The third-order valence-electron chi connectivity index (χ3n) is 4.76. The molecule has 1 fully saturated rings. The van der Waals surface area contributed by atoms with Crippen LogP contribution in [0.4, 0.5) is 0 Å². The van der Waals surface area contributed by atoms with E-state index in [0.717, 1.165) is 36.7 Å². The lowest BCUT2D eigenvalue weighted by molar-refractivity contribution is -0.116. The van der Waals surface area contributed by atoms with Gasteiger partial charge in [-0.15, -0.1) is 11.3 Å². The van der Waals surface area contributed by atoms with Crippen molar-refractivity contribution in [2.24, 2.45) is 5.92 Å². The van der Waals surface area contributed by atoms with Crippen LogP contribution in [-0.4, -0.2) is 38.1 Å². The fourth-order valence-corrected chi connectivity index (χ4v) is 4.66. The zero-order valence-electron chi connectivity index (χ0n) is 14.4. The van der Waals surface area contributed by atoms with E-state index >= 15 is 0 Å². The zero-order chi connectivity index (χ0) is 17.2. The van der Waals surface area contributed by atoms with Crippen molar-refractivity contribution >= 4 is 22.8 Å². The quantitative estimate of drug-likeness (QED) is 0.683. The van der Waals surface area contributed by atoms with Gasteiger partial charge in [-0.25, -0.2) is 9.97 Å². The molecule has 0 radical (unpaired) electrons. The third-order valence-corrected chi connectivity index (χ3v) is 5.74. The molecule has 0 saturated carbocycles. The molecule has 0 aromatic carbocycles. The first-order valence-electron chi connectivity index (χ1n) is 8.74. The highest BCUT2D eigenvalue weighted by Crippen LogP contribution is 2.24. The number of fused-ring (bicyclic) bond motifs is 1. The predicted octanol–water partition coefficient (Wildman–Crippen LogP) is 2.99. The van der Waals surface area contributed by atoms with E-state index in [0.29, 0.717) is 12.3 Å². The van der Waals surface area contributed by atoms with Gasteiger partial charge in [-0.2, -0.15) is 0 Å². The largest absolute Gasteiger partial charge is 0.304 e. The SMILES string of the molecule is CC(=O)Cc1ncc(CN2CCC(Cc3cccc4nccn34)C2)s1. The third kappa shape index (κ3) is 3.80. The Labute approximate surface area is 151 Å². The summed E-state index contributed by atoms with van der Waals surface area (Å²) in [7, 11) is 0. The minimum atomic E-state index is 0.177. The van der Waals surface area contributed by atoms with E-state index in [1.54, 1.807) is 18.3 Å². The van der Waals surface area contributed by atoms with Crippen molar-refractivity contribution in [1.82, 2.24) is 19.3 Å². The van der Waals surface area contributed by atoms with Gasteiger partial charge in [0.2, 0.25) is 0 Å². The summed E-state index contributed by atoms with van der Waals surface area (Å²) in [6.07, 6.45) is 8.62. The molecule has 3 aromatic heterocycles. The smallest absolute Gasteiger partial charge is 0.136 e. The number of imidazole rings is 1. The highest BCUT2D eigenvalue weighted by Gasteiger charge is 2.24. The highest BCUT2D eigenvalue weighted by atomic mass is 32.1. The number of carbonyl (C=O) groups excluding carboxylic acids is 1. The molecule has 6 heteroatoms. The molecule has 0 amide bonds. The molecule has 1 atom stereocenters. The van der Waals surface area contributed by atoms with Crippen LogP contribution in [0.1, 0.15) is 28.9 Å². The Morgan fingerprint density at radius 3 is 3.16 bits per heavy atom. The Morgan fingerprint density at radius 1 is 1.36 bits per heavy atom. The number of Topliss-reactive ketones (excluding diaryl/α,β-unsaturated/α-hetero) is 1. The summed E-state index contributed by atoms with van der Waals surface area (Å²) in [5, 5.41) is 0.935. The van der Waals surface area contributed by atoms with Crippen LogP contribution in [-0.2, 0) is 24.2 Å². The number of thiazole rings is 1. The molecule has 0 bridgehead atoms. The molecule has 25 heavy (non-hydrogen) atoms. The first-order valence-corrected chi connectivity index (χ1v) is 9.55. The average Bonchev–Trinajstić information content (AvgIpc) is 3.29. The first-order chi connectivity index (χ1) is 12.2. The Morgan fingerprint density at radius 2 is 2.28 bits per heavy atom. The van der Waals surface area contributed by atoms with Crippen LogP contribution in [0.3, 0.4) is 0 Å². The molecule has 0 aliphatic carbocycles. The summed E-state index contributed by atoms with van der Waals surface area (Å²) in [6, 6.07) is 6.35. The van der Waals surface area contributed by atoms with Gasteiger partial charge in [-0.05, 0) is 44.4 Å². The fourth-order valence-electron chi connectivity index (χ4n) is 3.63. The normalized spacial score (nSPS) is 18.2. The van der Waals surface area contributed by atoms with E-state index in [-0.39, 0.29) is 5.78 Å². The van der Waals surface area contributed by atoms with E-state index in [1.807, 2.05) is 24.7 Å². The Bertz CT molecular complexity index is 884. The van der Waals surface area contributed by atoms with Gasteiger partial charge in [-0.3, -0.25) is 9.69 Å². The maximum absolute atomic E-state index is 11.2. The monoisotopic (exact) mass is 354 g/mol. The number of hydrogen-bond acceptors (Lipinski definition) is 5. The first kappa shape index (κ1) is 16.4. The predicted molar refractivity (Wildman–Crippen MR) is 98.8 cm³/mol. The molecule has 1 saturated heterocycles. The second-order valence-electron chi connectivity index (χ2n) is 6.87. The number of aromatic nitrogens is 3. The molecule has 1 unspecified atom stereocenters. The molecule has 1 aliphatic rings. The van der Waals surface area contributed by atoms with Crippen LogP contribution in [0, 0.1) is 5.92 Å². The summed E-state index contributed by atoms with van der Waals surface area (Å²) in [5.74, 6) is 0.855. The topological polar surface area (TPSA) is 50.5 Å². The lowest BCUT2D eigenvalue weighted by Crippen LogP contribution is -2.20. The Kier molecular flexibility index (Phi) is 4.63. The van der Waals surface area contributed by atoms with Crippen LogP contribution < -0.4 is 0 Å². The van der Waals surface area contributed by atoms with Crippen LogP contribution in [0.25, 0.3) is 5.65 Å². The van der Waals surface area contributed by atoms with Gasteiger partial charge in [0.05, 0.1) is 6.42 Å². The molecule has 5 nitrogen and oxygen atoms in total. The lowest BCUT2D eigenvalue weighted by atomic mass is 10.0. The zero-order valence-corrected chi connectivity index (χ0v) is 15.2. The van der Waals surface area contributed by atoms with Crippen LogP contribution in [0.5, 0.6) is 0 Å². The van der Waals surface area contributed by atoms with E-state index < -0.39 is 0 Å². The molecule has 4 rings (SSSR count). The lowest BCUT2D eigenvalue weighted by Gasteiger charge is -2.15. The summed E-state index contributed by atoms with van der Waals surface area (Å²) in [5.41, 5.74) is 2.36. The number of carbonyl (C=O) groups is 1. The maximum atomic E-state index is 11.2. The number of likely N-dealkylation sites (tertiary alicyclic amines) is 1. The van der Waals surface area contributed by atoms with E-state index in [2.05, 4.69) is 31.4 Å². The van der Waals surface area contributed by atoms with Gasteiger partial charge in [-0.1, -0.05) is 6.07 Å². The molecule has 0 spiro atoms. The second-order valence-corrected chi connectivity index (χ2v) is 8.07. The number of nitrogens with zero attached hydrogens (tertiary/aromatic N) is 4. The fraction of sp³-hybridized carbons (Fsp3) is 0.421. The minimum Gasteiger partial charge on any atom is -0.304 e. The van der Waals surface area contributed by atoms with Crippen molar-refractivity contribution < 1.29 is 4.79 Å². The molecular weight excluding hydrogens is 332 g/mol. The maximum Gasteiger partial charge on any atom is 0.136 e. The van der Waals surface area contributed by atoms with Gasteiger partial charge >= 0.3 is 0 Å². The molecule has 0 N–H and O–H groups in total. The number of pyridine rings is 1. The van der Waals surface area contributed by atoms with Crippen molar-refractivity contribution in [3.05, 3.63) is 52.4 Å². The molecule has 3 aromatic rings. The summed E-state index contributed by atoms with van der Waals surface area (Å²) in [4.78, 5) is 23.7. The summed E-state index contributed by atoms with van der Waals surface area (Å²) in [6.45, 7) is 4.81. The minimum absolute atomic E-state index is 0.177. The van der Waals surface area contributed by atoms with Gasteiger partial charge in [0, 0.05) is 42.3 Å². The van der Waals surface area contributed by atoms with Crippen molar-refractivity contribution in [2.45, 2.75) is 32.7 Å². The van der Waals surface area contributed by atoms with Crippen molar-refractivity contribution in [3.63, 3.8) is 0 Å². The Balaban J connectivity index is 1.36. The number of hydrogen-bond donors (Lipinski definition) is 0. The van der Waals surface area contributed by atoms with Crippen LogP contribution in [0.15, 0.2) is 36.8 Å². The summed E-state index contributed by atoms with van der Waals surface area (Å²) >= 11 is 1.67. The summed E-state index contributed by atoms with van der Waals surface area (Å²) < 4.78 is 2.19. The van der Waals surface area contributed by atoms with Crippen LogP contribution >= 0.6 is 11.3 Å². The van der Waals surface area contributed by atoms with E-state index in [9.17, 15) is 4.79 Å². The Hall–Kier alpha value is -2.05. The number of ketones is 1. The average molecular weight is 354 g/mol. The van der Waals surface area contributed by atoms with E-state index in [1.165, 1.54) is 17.0 Å². The standard InChI is InChI=1S/C19H22N4OS/c1-14(24)9-19-21-11-17(25-19)13-22-7-5-15(12-22)10-16-3-2-4-18-20-6-8-23(16)18/h2-4,6,8,11,15H,5,7,9-10,12-13H2,1H3. The van der Waals surface area contributed by atoms with Gasteiger partial charge in [0.1, 0.15) is 16.4 Å².